The molecule has 1 saturated carbocycles. The van der Waals surface area contributed by atoms with Crippen LogP contribution in [0.3, 0.4) is 0 Å². The molecule has 126 valence electrons. The van der Waals surface area contributed by atoms with E-state index in [1.54, 1.807) is 12.3 Å². The molecule has 1 aliphatic carbocycles. The molecule has 3 heterocycles. The summed E-state index contributed by atoms with van der Waals surface area (Å²) in [6.07, 6.45) is 4.99. The summed E-state index contributed by atoms with van der Waals surface area (Å²) < 4.78 is 5.92. The number of rotatable bonds is 4. The van der Waals surface area contributed by atoms with Gasteiger partial charge in [0.25, 0.3) is 5.91 Å². The number of aromatic amines is 1. The van der Waals surface area contributed by atoms with Gasteiger partial charge in [-0.05, 0) is 56.4 Å². The van der Waals surface area contributed by atoms with Gasteiger partial charge in [-0.3, -0.25) is 4.79 Å². The number of hydrogen-bond acceptors (Lipinski definition) is 3. The highest BCUT2D eigenvalue weighted by molar-refractivity contribution is 6.30. The van der Waals surface area contributed by atoms with E-state index in [9.17, 15) is 4.79 Å². The molecular formula is C18H20ClN3O2. The summed E-state index contributed by atoms with van der Waals surface area (Å²) in [6.45, 7) is 4.52. The van der Waals surface area contributed by atoms with Crippen molar-refractivity contribution in [2.24, 2.45) is 5.92 Å². The SMILES string of the molecule is Cc1cc(Cl)ccc1OC(C)C(=O)N1CC2CC1(c1ncc[nH]1)C2. The van der Waals surface area contributed by atoms with Crippen molar-refractivity contribution in [3.05, 3.63) is 47.0 Å². The van der Waals surface area contributed by atoms with E-state index >= 15 is 0 Å². The molecule has 1 unspecified atom stereocenters. The molecule has 1 aromatic heterocycles. The molecule has 1 atom stereocenters. The maximum Gasteiger partial charge on any atom is 0.264 e. The lowest BCUT2D eigenvalue weighted by Gasteiger charge is -2.41. The predicted octanol–water partition coefficient (Wildman–Crippen LogP) is 3.29. The Balaban J connectivity index is 1.53. The van der Waals surface area contributed by atoms with Crippen molar-refractivity contribution in [2.45, 2.75) is 38.3 Å². The van der Waals surface area contributed by atoms with Crippen LogP contribution < -0.4 is 4.74 Å². The third-order valence-corrected chi connectivity index (χ3v) is 5.44. The van der Waals surface area contributed by atoms with Gasteiger partial charge in [0.1, 0.15) is 17.1 Å². The minimum absolute atomic E-state index is 0.0146. The van der Waals surface area contributed by atoms with Crippen molar-refractivity contribution in [1.82, 2.24) is 14.9 Å². The second kappa shape index (κ2) is 5.52. The molecule has 24 heavy (non-hydrogen) atoms. The molecule has 0 spiro atoms. The summed E-state index contributed by atoms with van der Waals surface area (Å²) in [7, 11) is 0. The van der Waals surface area contributed by atoms with Gasteiger partial charge in [-0.25, -0.2) is 4.98 Å². The van der Waals surface area contributed by atoms with Crippen molar-refractivity contribution in [3.63, 3.8) is 0 Å². The Labute approximate surface area is 146 Å². The molecule has 2 bridgehead atoms. The number of H-pyrrole nitrogens is 1. The molecule has 1 amide bonds. The van der Waals surface area contributed by atoms with Crippen LogP contribution >= 0.6 is 11.6 Å². The van der Waals surface area contributed by atoms with E-state index in [1.165, 1.54) is 0 Å². The van der Waals surface area contributed by atoms with Crippen LogP contribution in [0.4, 0.5) is 0 Å². The molecule has 5 rings (SSSR count). The number of ether oxygens (including phenoxy) is 1. The lowest BCUT2D eigenvalue weighted by molar-refractivity contribution is -0.142. The Morgan fingerprint density at radius 3 is 2.96 bits per heavy atom. The number of aromatic nitrogens is 2. The summed E-state index contributed by atoms with van der Waals surface area (Å²) >= 11 is 5.98. The van der Waals surface area contributed by atoms with Crippen LogP contribution in [0.15, 0.2) is 30.6 Å². The number of aryl methyl sites for hydroxylation is 1. The molecule has 0 radical (unpaired) electrons. The molecule has 1 N–H and O–H groups in total. The van der Waals surface area contributed by atoms with Crippen molar-refractivity contribution < 1.29 is 9.53 Å². The quantitative estimate of drug-likeness (QED) is 0.925. The van der Waals surface area contributed by atoms with Gasteiger partial charge in [-0.2, -0.15) is 0 Å². The van der Waals surface area contributed by atoms with E-state index in [-0.39, 0.29) is 11.4 Å². The van der Waals surface area contributed by atoms with Gasteiger partial charge in [-0.15, -0.1) is 0 Å². The van der Waals surface area contributed by atoms with Gasteiger partial charge in [-0.1, -0.05) is 11.6 Å². The van der Waals surface area contributed by atoms with Crippen molar-refractivity contribution in [2.75, 3.05) is 6.54 Å². The van der Waals surface area contributed by atoms with Crippen LogP contribution in [-0.2, 0) is 10.3 Å². The maximum atomic E-state index is 13.0. The summed E-state index contributed by atoms with van der Waals surface area (Å²) in [6, 6.07) is 5.43. The fraction of sp³-hybridized carbons (Fsp3) is 0.444. The summed E-state index contributed by atoms with van der Waals surface area (Å²) in [5.74, 6) is 2.17. The number of halogens is 1. The Morgan fingerprint density at radius 1 is 1.50 bits per heavy atom. The van der Waals surface area contributed by atoms with E-state index in [0.717, 1.165) is 30.8 Å². The lowest BCUT2D eigenvalue weighted by atomic mass is 9.72. The Kier molecular flexibility index (Phi) is 3.57. The number of carbonyl (C=O) groups is 1. The zero-order chi connectivity index (χ0) is 16.9. The minimum Gasteiger partial charge on any atom is -0.481 e. The van der Waals surface area contributed by atoms with Crippen LogP contribution in [0.1, 0.15) is 31.2 Å². The van der Waals surface area contributed by atoms with Crippen molar-refractivity contribution >= 4 is 17.5 Å². The smallest absolute Gasteiger partial charge is 0.264 e. The van der Waals surface area contributed by atoms with Gasteiger partial charge >= 0.3 is 0 Å². The van der Waals surface area contributed by atoms with E-state index in [1.807, 2.05) is 37.1 Å². The Hall–Kier alpha value is -2.01. The Morgan fingerprint density at radius 2 is 2.29 bits per heavy atom. The normalized spacial score (nSPS) is 26.1. The van der Waals surface area contributed by atoms with Crippen molar-refractivity contribution in [1.29, 1.82) is 0 Å². The van der Waals surface area contributed by atoms with Crippen LogP contribution in [0.25, 0.3) is 0 Å². The number of imidazole rings is 1. The number of nitrogens with one attached hydrogen (secondary N) is 1. The summed E-state index contributed by atoms with van der Waals surface area (Å²) in [5.41, 5.74) is 0.659. The molecule has 1 aromatic carbocycles. The second-order valence-corrected chi connectivity index (χ2v) is 7.30. The molecule has 2 aliphatic heterocycles. The minimum atomic E-state index is -0.545. The van der Waals surface area contributed by atoms with Crippen LogP contribution in [0.5, 0.6) is 5.75 Å². The van der Waals surface area contributed by atoms with Gasteiger partial charge in [0.05, 0.1) is 0 Å². The fourth-order valence-electron chi connectivity index (χ4n) is 4.02. The third-order valence-electron chi connectivity index (χ3n) is 5.20. The number of fused-ring (bicyclic) bond motifs is 1. The standard InChI is InChI=1S/C18H20ClN3O2/c1-11-7-14(19)3-4-15(11)24-12(2)16(23)22-10-13-8-18(22,9-13)17-20-5-6-21-17/h3-7,12-13H,8-10H2,1-2H3,(H,20,21). The average Bonchev–Trinajstić information content (AvgIpc) is 3.21. The highest BCUT2D eigenvalue weighted by Crippen LogP contribution is 2.56. The van der Waals surface area contributed by atoms with Gasteiger partial charge in [0, 0.05) is 24.0 Å². The molecule has 3 aliphatic rings. The predicted molar refractivity (Wildman–Crippen MR) is 91.0 cm³/mol. The summed E-state index contributed by atoms with van der Waals surface area (Å²) in [5, 5.41) is 0.663. The van der Waals surface area contributed by atoms with E-state index < -0.39 is 6.10 Å². The van der Waals surface area contributed by atoms with Gasteiger partial charge < -0.3 is 14.6 Å². The van der Waals surface area contributed by atoms with Crippen LogP contribution in [0, 0.1) is 12.8 Å². The van der Waals surface area contributed by atoms with Crippen LogP contribution in [0.2, 0.25) is 5.02 Å². The van der Waals surface area contributed by atoms with Gasteiger partial charge in [0.2, 0.25) is 0 Å². The first-order valence-electron chi connectivity index (χ1n) is 8.24. The topological polar surface area (TPSA) is 58.2 Å². The fourth-order valence-corrected chi connectivity index (χ4v) is 4.25. The first-order chi connectivity index (χ1) is 11.5. The number of carbonyl (C=O) groups excluding carboxylic acids is 1. The first kappa shape index (κ1) is 15.5. The molecular weight excluding hydrogens is 326 g/mol. The maximum absolute atomic E-state index is 13.0. The number of nitrogens with zero attached hydrogens (tertiary/aromatic N) is 2. The van der Waals surface area contributed by atoms with E-state index in [2.05, 4.69) is 9.97 Å². The second-order valence-electron chi connectivity index (χ2n) is 6.86. The lowest BCUT2D eigenvalue weighted by Crippen LogP contribution is -2.50. The monoisotopic (exact) mass is 345 g/mol. The largest absolute Gasteiger partial charge is 0.481 e. The number of hydrogen-bond donors (Lipinski definition) is 1. The zero-order valence-corrected chi connectivity index (χ0v) is 14.5. The molecule has 5 nitrogen and oxygen atoms in total. The molecule has 6 heteroatoms. The molecule has 2 aromatic rings. The van der Waals surface area contributed by atoms with Crippen LogP contribution in [-0.4, -0.2) is 33.4 Å². The zero-order valence-electron chi connectivity index (χ0n) is 13.8. The number of amides is 1. The molecule has 3 fully saturated rings. The first-order valence-corrected chi connectivity index (χ1v) is 8.61. The third kappa shape index (κ3) is 2.30. The van der Waals surface area contributed by atoms with E-state index in [0.29, 0.717) is 16.7 Å². The average molecular weight is 346 g/mol. The van der Waals surface area contributed by atoms with E-state index in [4.69, 9.17) is 16.3 Å². The Bertz CT molecular complexity index is 769. The highest BCUT2D eigenvalue weighted by atomic mass is 35.5. The van der Waals surface area contributed by atoms with Crippen molar-refractivity contribution in [3.8, 4) is 5.75 Å². The number of benzene rings is 1. The molecule has 2 saturated heterocycles. The van der Waals surface area contributed by atoms with Gasteiger partial charge in [0.15, 0.2) is 6.10 Å². The summed E-state index contributed by atoms with van der Waals surface area (Å²) in [4.78, 5) is 22.5. The highest BCUT2D eigenvalue weighted by Gasteiger charge is 2.60.